The van der Waals surface area contributed by atoms with Gasteiger partial charge in [-0.2, -0.15) is 15.8 Å². The zero-order valence-electron chi connectivity index (χ0n) is 5.34. The molecule has 0 aliphatic carbocycles. The van der Waals surface area contributed by atoms with Crippen LogP contribution in [-0.2, 0) is 0 Å². The van der Waals surface area contributed by atoms with Gasteiger partial charge in [-0.15, -0.1) is 0 Å². The minimum absolute atomic E-state index is 0.928. The Balaban J connectivity index is 3.30. The second-order valence-electron chi connectivity index (χ2n) is 1.46. The van der Waals surface area contributed by atoms with E-state index in [0.29, 0.717) is 0 Å². The molecule has 46 valence electrons. The molecule has 0 aromatic heterocycles. The van der Waals surface area contributed by atoms with Crippen LogP contribution in [0.2, 0.25) is 0 Å². The largest absolute Gasteiger partial charge is 0.180 e. The van der Waals surface area contributed by atoms with Gasteiger partial charge in [-0.3, -0.25) is 0 Å². The van der Waals surface area contributed by atoms with Gasteiger partial charge in [-0.1, -0.05) is 5.22 Å². The van der Waals surface area contributed by atoms with Crippen molar-refractivity contribution in [3.63, 3.8) is 0 Å². The third kappa shape index (κ3) is 5.07. The molecule has 4 heteroatoms. The van der Waals surface area contributed by atoms with Gasteiger partial charge < -0.3 is 0 Å². The number of hydrogen-bond donors (Lipinski definition) is 1. The Morgan fingerprint density at radius 1 is 1.38 bits per heavy atom. The highest BCUT2D eigenvalue weighted by Crippen LogP contribution is 1.68. The van der Waals surface area contributed by atoms with Crippen LogP contribution in [-0.4, -0.2) is 12.8 Å². The fourth-order valence-electron chi connectivity index (χ4n) is 0.167. The van der Waals surface area contributed by atoms with Gasteiger partial charge in [-0.05, 0) is 13.8 Å². The van der Waals surface area contributed by atoms with Crippen LogP contribution in [0.3, 0.4) is 0 Å². The lowest BCUT2D eigenvalue weighted by Crippen LogP contribution is -1.95. The van der Waals surface area contributed by atoms with Crippen molar-refractivity contribution in [3.05, 3.63) is 0 Å². The summed E-state index contributed by atoms with van der Waals surface area (Å²) in [7, 11) is 1.58. The summed E-state index contributed by atoms with van der Waals surface area (Å²) >= 11 is 0. The second-order valence-corrected chi connectivity index (χ2v) is 1.46. The Kier molecular flexibility index (Phi) is 3.74. The van der Waals surface area contributed by atoms with Crippen molar-refractivity contribution in [1.82, 2.24) is 5.53 Å². The molecule has 0 saturated heterocycles. The molecule has 0 atom stereocenters. The van der Waals surface area contributed by atoms with E-state index in [1.54, 1.807) is 7.05 Å². The van der Waals surface area contributed by atoms with Gasteiger partial charge in [0.2, 0.25) is 0 Å². The Bertz CT molecular complexity index is 101. The van der Waals surface area contributed by atoms with Gasteiger partial charge in [0.05, 0.1) is 7.05 Å². The normalized spacial score (nSPS) is 9.38. The molecule has 0 spiro atoms. The molecule has 0 aromatic rings. The van der Waals surface area contributed by atoms with E-state index < -0.39 is 0 Å². The Morgan fingerprint density at radius 2 is 2.00 bits per heavy atom. The number of hydrazone groups is 1. The third-order valence-corrected chi connectivity index (χ3v) is 0.418. The minimum Gasteiger partial charge on any atom is -0.180 e. The van der Waals surface area contributed by atoms with E-state index in [2.05, 4.69) is 21.0 Å². The molecule has 0 saturated carbocycles. The van der Waals surface area contributed by atoms with Crippen LogP contribution in [0.1, 0.15) is 13.8 Å². The van der Waals surface area contributed by atoms with Gasteiger partial charge >= 0.3 is 0 Å². The zero-order chi connectivity index (χ0) is 6.41. The van der Waals surface area contributed by atoms with Crippen LogP contribution >= 0.6 is 0 Å². The molecule has 0 heterocycles. The van der Waals surface area contributed by atoms with Gasteiger partial charge in [0.1, 0.15) is 0 Å². The van der Waals surface area contributed by atoms with E-state index in [9.17, 15) is 0 Å². The summed E-state index contributed by atoms with van der Waals surface area (Å²) in [4.78, 5) is 0. The molecule has 0 radical (unpaired) electrons. The summed E-state index contributed by atoms with van der Waals surface area (Å²) in [5, 5.41) is 10.5. The van der Waals surface area contributed by atoms with Gasteiger partial charge in [0, 0.05) is 5.71 Å². The highest BCUT2D eigenvalue weighted by Gasteiger charge is 1.70. The smallest absolute Gasteiger partial charge is 0.0509 e. The average molecular weight is 114 g/mol. The maximum atomic E-state index is 3.72. The van der Waals surface area contributed by atoms with Crippen molar-refractivity contribution < 1.29 is 0 Å². The lowest BCUT2D eigenvalue weighted by molar-refractivity contribution is 0.737. The summed E-state index contributed by atoms with van der Waals surface area (Å²) in [5.74, 6) is 0. The van der Waals surface area contributed by atoms with E-state index in [-0.39, 0.29) is 0 Å². The van der Waals surface area contributed by atoms with E-state index in [4.69, 9.17) is 0 Å². The summed E-state index contributed by atoms with van der Waals surface area (Å²) in [6, 6.07) is 0. The third-order valence-electron chi connectivity index (χ3n) is 0.418. The summed E-state index contributed by atoms with van der Waals surface area (Å²) < 4.78 is 0. The van der Waals surface area contributed by atoms with Crippen LogP contribution in [0.4, 0.5) is 0 Å². The first-order chi connectivity index (χ1) is 3.77. The maximum Gasteiger partial charge on any atom is 0.0509 e. The van der Waals surface area contributed by atoms with Crippen LogP contribution in [0, 0.1) is 0 Å². The average Bonchev–Trinajstić information content (AvgIpc) is 1.66. The predicted octanol–water partition coefficient (Wildman–Crippen LogP) is 0.969. The van der Waals surface area contributed by atoms with Crippen molar-refractivity contribution in [1.29, 1.82) is 0 Å². The molecule has 8 heavy (non-hydrogen) atoms. The molecule has 0 rings (SSSR count). The number of hydrogen-bond acceptors (Lipinski definition) is 3. The van der Waals surface area contributed by atoms with E-state index in [1.807, 2.05) is 13.8 Å². The molecular weight excluding hydrogens is 104 g/mol. The molecule has 0 aromatic carbocycles. The second kappa shape index (κ2) is 4.23. The molecule has 0 aliphatic heterocycles. The summed E-state index contributed by atoms with van der Waals surface area (Å²) in [6.07, 6.45) is 0. The molecule has 0 amide bonds. The summed E-state index contributed by atoms with van der Waals surface area (Å²) in [6.45, 7) is 3.75. The number of nitrogens with one attached hydrogen (secondary N) is 1. The zero-order valence-corrected chi connectivity index (χ0v) is 5.34. The highest BCUT2D eigenvalue weighted by molar-refractivity contribution is 5.78. The van der Waals surface area contributed by atoms with Crippen LogP contribution < -0.4 is 5.53 Å². The molecule has 0 fully saturated rings. The number of nitrogens with zero attached hydrogens (tertiary/aromatic N) is 3. The standard InChI is InChI=1S/C4H10N4/c1-4(2)6-8-7-5-3/h1-3H3,(H,5,8). The molecule has 0 aliphatic rings. The number of rotatable bonds is 2. The molecular formula is C4H10N4. The Morgan fingerprint density at radius 3 is 2.38 bits per heavy atom. The van der Waals surface area contributed by atoms with Gasteiger partial charge in [0.25, 0.3) is 0 Å². The Labute approximate surface area is 48.7 Å². The summed E-state index contributed by atoms with van der Waals surface area (Å²) in [5.41, 5.74) is 3.31. The highest BCUT2D eigenvalue weighted by atomic mass is 15.6. The first-order valence-corrected chi connectivity index (χ1v) is 2.32. The van der Waals surface area contributed by atoms with E-state index in [0.717, 1.165) is 5.71 Å². The van der Waals surface area contributed by atoms with Crippen molar-refractivity contribution in [3.8, 4) is 0 Å². The lowest BCUT2D eigenvalue weighted by Gasteiger charge is -1.85. The maximum absolute atomic E-state index is 3.72. The predicted molar refractivity (Wildman–Crippen MR) is 32.7 cm³/mol. The Hall–Kier alpha value is -0.930. The van der Waals surface area contributed by atoms with Crippen LogP contribution in [0.25, 0.3) is 0 Å². The molecule has 4 nitrogen and oxygen atoms in total. The van der Waals surface area contributed by atoms with Gasteiger partial charge in [-0.25, -0.2) is 0 Å². The minimum atomic E-state index is 0.928. The topological polar surface area (TPSA) is 49.1 Å². The monoisotopic (exact) mass is 114 g/mol. The van der Waals surface area contributed by atoms with E-state index in [1.165, 1.54) is 0 Å². The van der Waals surface area contributed by atoms with Crippen LogP contribution in [0.5, 0.6) is 0 Å². The quantitative estimate of drug-likeness (QED) is 0.324. The van der Waals surface area contributed by atoms with Crippen LogP contribution in [0.15, 0.2) is 15.4 Å². The van der Waals surface area contributed by atoms with Crippen molar-refractivity contribution in [2.45, 2.75) is 13.8 Å². The molecule has 1 N–H and O–H groups in total. The van der Waals surface area contributed by atoms with Crippen molar-refractivity contribution in [2.24, 2.45) is 15.4 Å². The molecule has 0 bridgehead atoms. The van der Waals surface area contributed by atoms with Gasteiger partial charge in [0.15, 0.2) is 0 Å². The fourth-order valence-corrected chi connectivity index (χ4v) is 0.167. The SMILES string of the molecule is CN=NNN=C(C)C. The molecule has 0 unspecified atom stereocenters. The first-order valence-electron chi connectivity index (χ1n) is 2.32. The van der Waals surface area contributed by atoms with Crippen molar-refractivity contribution in [2.75, 3.05) is 7.05 Å². The van der Waals surface area contributed by atoms with Crippen molar-refractivity contribution >= 4 is 5.71 Å². The first kappa shape index (κ1) is 7.07. The fraction of sp³-hybridized carbons (Fsp3) is 0.750. The lowest BCUT2D eigenvalue weighted by atomic mass is 10.5. The van der Waals surface area contributed by atoms with E-state index >= 15 is 0 Å².